The van der Waals surface area contributed by atoms with Crippen molar-refractivity contribution in [2.45, 2.75) is 53.1 Å². The molecule has 3 heterocycles. The molecule has 0 unspecified atom stereocenters. The second kappa shape index (κ2) is 11.0. The van der Waals surface area contributed by atoms with E-state index in [1.165, 1.54) is 16.7 Å². The van der Waals surface area contributed by atoms with Gasteiger partial charge in [0.25, 0.3) is 0 Å². The van der Waals surface area contributed by atoms with Gasteiger partial charge in [0.15, 0.2) is 5.11 Å². The number of pyridine rings is 1. The minimum absolute atomic E-state index is 0.0344. The fourth-order valence-electron chi connectivity index (χ4n) is 5.70. The van der Waals surface area contributed by atoms with Crippen molar-refractivity contribution in [1.29, 1.82) is 0 Å². The average molecular weight is 538 g/mol. The third-order valence-corrected chi connectivity index (χ3v) is 7.80. The Morgan fingerprint density at radius 3 is 2.38 bits per heavy atom. The number of anilines is 1. The molecule has 5 rings (SSSR count). The van der Waals surface area contributed by atoms with E-state index >= 15 is 0 Å². The minimum Gasteiger partial charge on any atom is -0.352 e. The highest BCUT2D eigenvalue weighted by Crippen LogP contribution is 2.41. The quantitative estimate of drug-likeness (QED) is 0.267. The Hall–Kier alpha value is -3.97. The fraction of sp³-hybridized carbons (Fsp3) is 0.281. The zero-order chi connectivity index (χ0) is 27.7. The van der Waals surface area contributed by atoms with E-state index in [-0.39, 0.29) is 18.0 Å². The highest BCUT2D eigenvalue weighted by atomic mass is 32.1. The molecule has 39 heavy (non-hydrogen) atoms. The highest BCUT2D eigenvalue weighted by Gasteiger charge is 2.41. The van der Waals surface area contributed by atoms with Crippen LogP contribution >= 0.6 is 12.2 Å². The van der Waals surface area contributed by atoms with Crippen LogP contribution in [0.2, 0.25) is 0 Å². The van der Waals surface area contributed by atoms with Gasteiger partial charge in [0.05, 0.1) is 17.8 Å². The smallest absolute Gasteiger partial charge is 0.226 e. The van der Waals surface area contributed by atoms with E-state index in [1.54, 1.807) is 0 Å². The van der Waals surface area contributed by atoms with E-state index < -0.39 is 0 Å². The molecule has 0 bridgehead atoms. The molecule has 200 valence electrons. The van der Waals surface area contributed by atoms with Crippen LogP contribution in [0.15, 0.2) is 72.9 Å². The van der Waals surface area contributed by atoms with Crippen molar-refractivity contribution in [3.8, 4) is 5.69 Å². The number of aromatic nitrogens is 2. The van der Waals surface area contributed by atoms with Gasteiger partial charge in [-0.15, -0.1) is 0 Å². The number of carbonyl (C=O) groups is 1. The molecule has 1 saturated heterocycles. The molecule has 6 nitrogen and oxygen atoms in total. The number of benzene rings is 2. The summed E-state index contributed by atoms with van der Waals surface area (Å²) in [6, 6.07) is 22.4. The number of hydrogen-bond acceptors (Lipinski definition) is 3. The predicted molar refractivity (Wildman–Crippen MR) is 161 cm³/mol. The number of aryl methyl sites for hydroxylation is 4. The summed E-state index contributed by atoms with van der Waals surface area (Å²) in [5.41, 5.74) is 9.90. The number of nitrogens with one attached hydrogen (secondary N) is 2. The molecule has 7 heteroatoms. The van der Waals surface area contributed by atoms with Crippen LogP contribution in [-0.2, 0) is 4.79 Å². The Morgan fingerprint density at radius 1 is 0.974 bits per heavy atom. The lowest BCUT2D eigenvalue weighted by atomic mass is 9.96. The van der Waals surface area contributed by atoms with Gasteiger partial charge in [0.1, 0.15) is 0 Å². The summed E-state index contributed by atoms with van der Waals surface area (Å²) in [5.74, 6) is -0.0344. The van der Waals surface area contributed by atoms with Gasteiger partial charge in [-0.05, 0) is 105 Å². The first-order valence-electron chi connectivity index (χ1n) is 13.3. The number of hydrogen-bond donors (Lipinski definition) is 2. The summed E-state index contributed by atoms with van der Waals surface area (Å²) in [4.78, 5) is 19.8. The lowest BCUT2D eigenvalue weighted by Crippen LogP contribution is -2.33. The summed E-state index contributed by atoms with van der Waals surface area (Å²) in [7, 11) is 0. The molecule has 2 N–H and O–H groups in total. The summed E-state index contributed by atoms with van der Waals surface area (Å²) in [6.45, 7) is 11.1. The van der Waals surface area contributed by atoms with Gasteiger partial charge in [0.2, 0.25) is 5.91 Å². The molecule has 2 aromatic carbocycles. The maximum atomic E-state index is 13.0. The summed E-state index contributed by atoms with van der Waals surface area (Å²) in [5, 5.41) is 7.21. The Kier molecular flexibility index (Phi) is 7.53. The van der Waals surface area contributed by atoms with E-state index in [9.17, 15) is 4.79 Å². The SMILES string of the molecule is Cc1cc(C)cc(-n2c(C)cc([C@@H]3[C@H](c4ccccn4)NC(=S)N3CCC(=O)Nc3ccccc3C)c2C)c1. The largest absolute Gasteiger partial charge is 0.352 e. The molecule has 0 spiro atoms. The third-order valence-electron chi connectivity index (χ3n) is 7.45. The zero-order valence-corrected chi connectivity index (χ0v) is 24.0. The van der Waals surface area contributed by atoms with E-state index in [0.717, 1.165) is 34.0 Å². The second-order valence-electron chi connectivity index (χ2n) is 10.4. The Balaban J connectivity index is 1.49. The number of amides is 1. The average Bonchev–Trinajstić information content (AvgIpc) is 3.38. The topological polar surface area (TPSA) is 62.2 Å². The number of thiocarbonyl (C=S) groups is 1. The van der Waals surface area contributed by atoms with E-state index in [1.807, 2.05) is 55.6 Å². The van der Waals surface area contributed by atoms with Crippen molar-refractivity contribution in [1.82, 2.24) is 19.8 Å². The van der Waals surface area contributed by atoms with Gasteiger partial charge in [-0.1, -0.05) is 30.3 Å². The zero-order valence-electron chi connectivity index (χ0n) is 23.2. The molecule has 1 amide bonds. The molecular formula is C32H35N5OS. The molecule has 1 aliphatic rings. The van der Waals surface area contributed by atoms with Crippen LogP contribution in [0.4, 0.5) is 5.69 Å². The molecule has 2 aromatic heterocycles. The van der Waals surface area contributed by atoms with Crippen LogP contribution in [-0.4, -0.2) is 32.0 Å². The van der Waals surface area contributed by atoms with Crippen LogP contribution in [0.5, 0.6) is 0 Å². The van der Waals surface area contributed by atoms with Gasteiger partial charge in [-0.3, -0.25) is 9.78 Å². The van der Waals surface area contributed by atoms with Crippen LogP contribution in [0.3, 0.4) is 0 Å². The van der Waals surface area contributed by atoms with Crippen molar-refractivity contribution in [3.05, 3.63) is 112 Å². The van der Waals surface area contributed by atoms with Crippen molar-refractivity contribution in [2.24, 2.45) is 0 Å². The molecular weight excluding hydrogens is 502 g/mol. The van der Waals surface area contributed by atoms with E-state index in [2.05, 4.69) is 77.0 Å². The molecule has 0 saturated carbocycles. The maximum Gasteiger partial charge on any atom is 0.226 e. The van der Waals surface area contributed by atoms with Crippen LogP contribution in [0.1, 0.15) is 57.8 Å². The number of rotatable bonds is 7. The van der Waals surface area contributed by atoms with Gasteiger partial charge in [-0.25, -0.2) is 0 Å². The second-order valence-corrected chi connectivity index (χ2v) is 10.8. The van der Waals surface area contributed by atoms with Crippen LogP contribution in [0.25, 0.3) is 5.69 Å². The van der Waals surface area contributed by atoms with Crippen LogP contribution in [0, 0.1) is 34.6 Å². The summed E-state index contributed by atoms with van der Waals surface area (Å²) < 4.78 is 2.31. The van der Waals surface area contributed by atoms with Crippen molar-refractivity contribution in [2.75, 3.05) is 11.9 Å². The normalized spacial score (nSPS) is 16.8. The third kappa shape index (κ3) is 5.45. The summed E-state index contributed by atoms with van der Waals surface area (Å²) in [6.07, 6.45) is 2.13. The molecule has 4 aromatic rings. The maximum absolute atomic E-state index is 13.0. The first-order chi connectivity index (χ1) is 18.7. The standard InChI is InChI=1S/C32H35N5OS/c1-20-16-21(2)18-25(17-20)37-23(4)19-26(24(37)5)31-30(28-12-8-9-14-33-28)35-32(39)36(31)15-13-29(38)34-27-11-7-6-10-22(27)3/h6-12,14,16-19,30-31H,13,15H2,1-5H3,(H,34,38)(H,35,39)/t30-,31+/m0/s1. The Bertz CT molecular complexity index is 1510. The Morgan fingerprint density at radius 2 is 1.69 bits per heavy atom. The minimum atomic E-state index is -0.133. The number of para-hydroxylation sites is 1. The predicted octanol–water partition coefficient (Wildman–Crippen LogP) is 6.42. The molecule has 1 aliphatic heterocycles. The first-order valence-corrected chi connectivity index (χ1v) is 13.7. The van der Waals surface area contributed by atoms with Crippen molar-refractivity contribution in [3.63, 3.8) is 0 Å². The van der Waals surface area contributed by atoms with Crippen LogP contribution < -0.4 is 10.6 Å². The van der Waals surface area contributed by atoms with Gasteiger partial charge in [-0.2, -0.15) is 0 Å². The van der Waals surface area contributed by atoms with E-state index in [4.69, 9.17) is 12.2 Å². The number of nitrogens with zero attached hydrogens (tertiary/aromatic N) is 3. The first kappa shape index (κ1) is 26.6. The molecule has 0 radical (unpaired) electrons. The van der Waals surface area contributed by atoms with Crippen molar-refractivity contribution >= 4 is 28.9 Å². The van der Waals surface area contributed by atoms with Gasteiger partial charge in [0, 0.05) is 41.9 Å². The van der Waals surface area contributed by atoms with Crippen molar-refractivity contribution < 1.29 is 4.79 Å². The lowest BCUT2D eigenvalue weighted by Gasteiger charge is -2.28. The van der Waals surface area contributed by atoms with Gasteiger partial charge < -0.3 is 20.1 Å². The monoisotopic (exact) mass is 537 g/mol. The number of carbonyl (C=O) groups excluding carboxylic acids is 1. The Labute approximate surface area is 236 Å². The summed E-state index contributed by atoms with van der Waals surface area (Å²) >= 11 is 5.86. The highest BCUT2D eigenvalue weighted by molar-refractivity contribution is 7.80. The lowest BCUT2D eigenvalue weighted by molar-refractivity contribution is -0.116. The molecule has 2 atom stereocenters. The molecule has 0 aliphatic carbocycles. The van der Waals surface area contributed by atoms with Gasteiger partial charge >= 0.3 is 0 Å². The molecule has 1 fully saturated rings. The fourth-order valence-corrected chi connectivity index (χ4v) is 6.03. The van der Waals surface area contributed by atoms with E-state index in [0.29, 0.717) is 18.1 Å².